The number of hydrogen-bond acceptors (Lipinski definition) is 1. The topological polar surface area (TPSA) is 20.2 Å². The van der Waals surface area contributed by atoms with Crippen molar-refractivity contribution in [2.75, 3.05) is 0 Å². The molecule has 2 fully saturated rings. The minimum atomic E-state index is -0.324. The molecular weight excluding hydrogens is 148 g/mol. The fourth-order valence-electron chi connectivity index (χ4n) is 3.28. The van der Waals surface area contributed by atoms with Gasteiger partial charge in [-0.2, -0.15) is 0 Å². The lowest BCUT2D eigenvalue weighted by Crippen LogP contribution is -2.33. The first-order chi connectivity index (χ1) is 5.70. The van der Waals surface area contributed by atoms with Gasteiger partial charge in [0.05, 0.1) is 5.60 Å². The lowest BCUT2D eigenvalue weighted by atomic mass is 9.81. The maximum absolute atomic E-state index is 10.1. The van der Waals surface area contributed by atoms with Crippen LogP contribution in [0.2, 0.25) is 0 Å². The van der Waals surface area contributed by atoms with Crippen LogP contribution in [-0.4, -0.2) is 10.7 Å². The van der Waals surface area contributed by atoms with Gasteiger partial charge in [-0.15, -0.1) is 0 Å². The van der Waals surface area contributed by atoms with Gasteiger partial charge in [0.1, 0.15) is 0 Å². The average Bonchev–Trinajstić information content (AvgIpc) is 2.55. The summed E-state index contributed by atoms with van der Waals surface area (Å²) in [6.07, 6.45) is 9.11. The quantitative estimate of drug-likeness (QED) is 0.638. The summed E-state index contributed by atoms with van der Waals surface area (Å²) in [6, 6.07) is 0. The van der Waals surface area contributed by atoms with Crippen LogP contribution in [-0.2, 0) is 0 Å². The van der Waals surface area contributed by atoms with Gasteiger partial charge in [0.2, 0.25) is 0 Å². The van der Waals surface area contributed by atoms with Crippen LogP contribution in [0.15, 0.2) is 0 Å². The Balaban J connectivity index is 2.02. The molecule has 1 nitrogen and oxygen atoms in total. The molecule has 70 valence electrons. The summed E-state index contributed by atoms with van der Waals surface area (Å²) >= 11 is 0. The van der Waals surface area contributed by atoms with E-state index in [2.05, 4.69) is 0 Å². The van der Waals surface area contributed by atoms with Crippen molar-refractivity contribution in [3.05, 3.63) is 0 Å². The standard InChI is InChI=1S/C11H20O/c1-11(12)8-4-7-10(11)9-5-2-3-6-9/h9-10,12H,2-8H2,1H3. The first-order valence-corrected chi connectivity index (χ1v) is 5.42. The molecule has 0 aromatic rings. The summed E-state index contributed by atoms with van der Waals surface area (Å²) in [5, 5.41) is 10.1. The molecule has 0 bridgehead atoms. The first-order valence-electron chi connectivity index (χ1n) is 5.42. The summed E-state index contributed by atoms with van der Waals surface area (Å²) in [7, 11) is 0. The van der Waals surface area contributed by atoms with E-state index in [0.29, 0.717) is 5.92 Å². The smallest absolute Gasteiger partial charge is 0.0650 e. The summed E-state index contributed by atoms with van der Waals surface area (Å²) in [5.41, 5.74) is -0.324. The van der Waals surface area contributed by atoms with Crippen molar-refractivity contribution in [2.24, 2.45) is 11.8 Å². The fourth-order valence-corrected chi connectivity index (χ4v) is 3.28. The molecule has 0 heterocycles. The molecule has 0 radical (unpaired) electrons. The maximum Gasteiger partial charge on any atom is 0.0650 e. The molecule has 2 unspecified atom stereocenters. The molecule has 0 aromatic carbocycles. The minimum Gasteiger partial charge on any atom is -0.390 e. The van der Waals surface area contributed by atoms with Gasteiger partial charge >= 0.3 is 0 Å². The van der Waals surface area contributed by atoms with Crippen molar-refractivity contribution in [2.45, 2.75) is 57.5 Å². The van der Waals surface area contributed by atoms with Gasteiger partial charge in [-0.05, 0) is 31.6 Å². The largest absolute Gasteiger partial charge is 0.390 e. The second-order valence-electron chi connectivity index (χ2n) is 4.90. The third-order valence-corrected chi connectivity index (χ3v) is 3.97. The molecule has 0 aromatic heterocycles. The van der Waals surface area contributed by atoms with Gasteiger partial charge in [0.25, 0.3) is 0 Å². The minimum absolute atomic E-state index is 0.324. The predicted octanol–water partition coefficient (Wildman–Crippen LogP) is 2.73. The molecule has 0 aliphatic heterocycles. The molecule has 2 aliphatic carbocycles. The molecule has 1 heteroatoms. The van der Waals surface area contributed by atoms with Crippen molar-refractivity contribution in [1.29, 1.82) is 0 Å². The molecule has 2 aliphatic rings. The molecule has 12 heavy (non-hydrogen) atoms. The molecule has 2 saturated carbocycles. The highest BCUT2D eigenvalue weighted by Crippen LogP contribution is 2.45. The van der Waals surface area contributed by atoms with Crippen molar-refractivity contribution >= 4 is 0 Å². The van der Waals surface area contributed by atoms with Crippen LogP contribution in [0, 0.1) is 11.8 Å². The van der Waals surface area contributed by atoms with E-state index in [1.165, 1.54) is 38.5 Å². The summed E-state index contributed by atoms with van der Waals surface area (Å²) in [4.78, 5) is 0. The van der Waals surface area contributed by atoms with Gasteiger partial charge in [-0.1, -0.05) is 32.1 Å². The molecule has 2 atom stereocenters. The van der Waals surface area contributed by atoms with Crippen molar-refractivity contribution in [1.82, 2.24) is 0 Å². The van der Waals surface area contributed by atoms with Crippen LogP contribution in [0.1, 0.15) is 51.9 Å². The van der Waals surface area contributed by atoms with Crippen molar-refractivity contribution in [3.8, 4) is 0 Å². The van der Waals surface area contributed by atoms with E-state index in [1.807, 2.05) is 6.92 Å². The van der Waals surface area contributed by atoms with E-state index in [4.69, 9.17) is 0 Å². The number of aliphatic hydroxyl groups is 1. The zero-order valence-corrected chi connectivity index (χ0v) is 8.05. The zero-order valence-electron chi connectivity index (χ0n) is 8.05. The second kappa shape index (κ2) is 3.02. The molecule has 0 amide bonds. The summed E-state index contributed by atoms with van der Waals surface area (Å²) in [5.74, 6) is 1.47. The zero-order chi connectivity index (χ0) is 8.60. The summed E-state index contributed by atoms with van der Waals surface area (Å²) in [6.45, 7) is 2.04. The molecule has 1 N–H and O–H groups in total. The SMILES string of the molecule is CC1(O)CCCC1C1CCCC1. The van der Waals surface area contributed by atoms with E-state index < -0.39 is 0 Å². The Hall–Kier alpha value is -0.0400. The van der Waals surface area contributed by atoms with Gasteiger partial charge in [-0.3, -0.25) is 0 Å². The number of hydrogen-bond donors (Lipinski definition) is 1. The molecule has 0 saturated heterocycles. The van der Waals surface area contributed by atoms with E-state index in [1.54, 1.807) is 0 Å². The Kier molecular flexibility index (Phi) is 2.16. The first kappa shape index (κ1) is 8.55. The van der Waals surface area contributed by atoms with Crippen LogP contribution >= 0.6 is 0 Å². The third-order valence-electron chi connectivity index (χ3n) is 3.97. The van der Waals surface area contributed by atoms with E-state index in [0.717, 1.165) is 12.3 Å². The maximum atomic E-state index is 10.1. The average molecular weight is 168 g/mol. The fraction of sp³-hybridized carbons (Fsp3) is 1.00. The Bertz CT molecular complexity index is 156. The molecular formula is C11H20O. The Morgan fingerprint density at radius 2 is 1.75 bits per heavy atom. The second-order valence-corrected chi connectivity index (χ2v) is 4.90. The van der Waals surface area contributed by atoms with Crippen molar-refractivity contribution < 1.29 is 5.11 Å². The highest BCUT2D eigenvalue weighted by Gasteiger charge is 2.41. The molecule has 0 spiro atoms. The van der Waals surface area contributed by atoms with E-state index in [9.17, 15) is 5.11 Å². The van der Waals surface area contributed by atoms with Crippen LogP contribution in [0.5, 0.6) is 0 Å². The van der Waals surface area contributed by atoms with Crippen LogP contribution in [0.4, 0.5) is 0 Å². The summed E-state index contributed by atoms with van der Waals surface area (Å²) < 4.78 is 0. The van der Waals surface area contributed by atoms with Crippen LogP contribution in [0.3, 0.4) is 0 Å². The van der Waals surface area contributed by atoms with Gasteiger partial charge in [-0.25, -0.2) is 0 Å². The Morgan fingerprint density at radius 3 is 2.25 bits per heavy atom. The highest BCUT2D eigenvalue weighted by atomic mass is 16.3. The predicted molar refractivity (Wildman–Crippen MR) is 49.9 cm³/mol. The monoisotopic (exact) mass is 168 g/mol. The van der Waals surface area contributed by atoms with Gasteiger partial charge < -0.3 is 5.11 Å². The Labute approximate surface area is 75.2 Å². The van der Waals surface area contributed by atoms with Crippen LogP contribution in [0.25, 0.3) is 0 Å². The Morgan fingerprint density at radius 1 is 1.08 bits per heavy atom. The molecule has 2 rings (SSSR count). The van der Waals surface area contributed by atoms with Gasteiger partial charge in [0.15, 0.2) is 0 Å². The van der Waals surface area contributed by atoms with Crippen LogP contribution < -0.4 is 0 Å². The normalized spacial score (nSPS) is 44.0. The highest BCUT2D eigenvalue weighted by molar-refractivity contribution is 4.93. The lowest BCUT2D eigenvalue weighted by molar-refractivity contribution is -0.00250. The van der Waals surface area contributed by atoms with E-state index >= 15 is 0 Å². The lowest BCUT2D eigenvalue weighted by Gasteiger charge is -2.30. The third kappa shape index (κ3) is 1.39. The van der Waals surface area contributed by atoms with Crippen molar-refractivity contribution in [3.63, 3.8) is 0 Å². The van der Waals surface area contributed by atoms with Gasteiger partial charge in [0, 0.05) is 0 Å². The number of rotatable bonds is 1. The van der Waals surface area contributed by atoms with E-state index in [-0.39, 0.29) is 5.60 Å².